The van der Waals surface area contributed by atoms with E-state index in [9.17, 15) is 0 Å². The molecule has 9 unspecified atom stereocenters. The van der Waals surface area contributed by atoms with Gasteiger partial charge >= 0.3 is 37.9 Å². The first-order valence-electron chi connectivity index (χ1n) is 13.3. The van der Waals surface area contributed by atoms with Crippen LogP contribution in [0.4, 0.5) is 0 Å². The average Bonchev–Trinajstić information content (AvgIpc) is 3.29. The van der Waals surface area contributed by atoms with E-state index in [1.54, 1.807) is 51.4 Å². The zero-order valence-electron chi connectivity index (χ0n) is 22.4. The molecule has 4 saturated carbocycles. The molecule has 0 radical (unpaired) electrons. The molecule has 0 aromatic carbocycles. The van der Waals surface area contributed by atoms with Crippen LogP contribution in [0.25, 0.3) is 0 Å². The third-order valence-electron chi connectivity index (χ3n) is 10.6. The molecular formula is C28H54Cl2SiZr. The fourth-order valence-corrected chi connectivity index (χ4v) is 14.8. The van der Waals surface area contributed by atoms with E-state index in [1.807, 2.05) is 0 Å². The first-order chi connectivity index (χ1) is 14.4. The van der Waals surface area contributed by atoms with Gasteiger partial charge in [-0.25, -0.2) is 0 Å². The second-order valence-electron chi connectivity index (χ2n) is 12.2. The SMILES string of the molecule is CCCC(C)C1CC([Si](C)(C)C2CC(C)C3CCCCC32)C2CCCCC12.[CH3-].[CH3-].[Cl][Zr+2][Cl]. The molecule has 0 bridgehead atoms. The van der Waals surface area contributed by atoms with Gasteiger partial charge in [-0.2, -0.15) is 0 Å². The summed E-state index contributed by atoms with van der Waals surface area (Å²) in [5.41, 5.74) is 2.32. The minimum absolute atomic E-state index is 0. The van der Waals surface area contributed by atoms with Crippen LogP contribution in [-0.2, 0) is 20.8 Å². The van der Waals surface area contributed by atoms with Crippen LogP contribution in [0.15, 0.2) is 0 Å². The number of hydrogen-bond acceptors (Lipinski definition) is 0. The quantitative estimate of drug-likeness (QED) is 0.224. The zero-order valence-corrected chi connectivity index (χ0v) is 27.4. The number of hydrogen-bond donors (Lipinski definition) is 0. The van der Waals surface area contributed by atoms with E-state index in [0.29, 0.717) is 0 Å². The van der Waals surface area contributed by atoms with Gasteiger partial charge in [0.2, 0.25) is 0 Å². The Balaban J connectivity index is 0.000000971. The van der Waals surface area contributed by atoms with Crippen molar-refractivity contribution in [1.82, 2.24) is 0 Å². The average molecular weight is 581 g/mol. The summed E-state index contributed by atoms with van der Waals surface area (Å²) in [6.07, 6.45) is 18.6. The van der Waals surface area contributed by atoms with E-state index in [-0.39, 0.29) is 14.9 Å². The van der Waals surface area contributed by atoms with Crippen LogP contribution < -0.4 is 0 Å². The molecular weight excluding hydrogens is 527 g/mol. The molecule has 0 aliphatic heterocycles. The van der Waals surface area contributed by atoms with Crippen LogP contribution in [-0.4, -0.2) is 8.07 Å². The van der Waals surface area contributed by atoms with Crippen molar-refractivity contribution < 1.29 is 20.8 Å². The van der Waals surface area contributed by atoms with Gasteiger partial charge in [0.25, 0.3) is 0 Å². The molecule has 0 nitrogen and oxygen atoms in total. The molecule has 0 aromatic rings. The van der Waals surface area contributed by atoms with Crippen LogP contribution in [0.2, 0.25) is 24.2 Å². The molecule has 4 fully saturated rings. The standard InChI is InChI=1S/C26H48Si.2CH3.2ClH.Zr/c1-6-11-18(2)24-17-26(23-15-10-8-13-21(23)24)27(4,5)25-16-19(3)20-12-7-9-14-22(20)25;;;;;/h18-26H,6-17H2,1-5H3;2*1H3;2*1H;/q;2*-1;;;+4/p-2. The number of rotatable bonds is 5. The molecule has 0 heterocycles. The van der Waals surface area contributed by atoms with Crippen molar-refractivity contribution in [2.75, 3.05) is 0 Å². The molecule has 188 valence electrons. The first-order valence-corrected chi connectivity index (χ1v) is 22.8. The Labute approximate surface area is 222 Å². The van der Waals surface area contributed by atoms with Gasteiger partial charge in [-0.15, -0.1) is 0 Å². The van der Waals surface area contributed by atoms with Crippen molar-refractivity contribution in [2.45, 2.75) is 122 Å². The monoisotopic (exact) mass is 578 g/mol. The summed E-state index contributed by atoms with van der Waals surface area (Å²) >= 11 is -0.826. The number of halogens is 2. The van der Waals surface area contributed by atoms with Crippen molar-refractivity contribution in [2.24, 2.45) is 41.4 Å². The molecule has 4 rings (SSSR count). The fraction of sp³-hybridized carbons (Fsp3) is 0.929. The van der Waals surface area contributed by atoms with Gasteiger partial charge in [0, 0.05) is 0 Å². The Kier molecular flexibility index (Phi) is 14.3. The number of fused-ring (bicyclic) bond motifs is 2. The molecule has 0 amide bonds. The van der Waals surface area contributed by atoms with Crippen LogP contribution in [0, 0.1) is 56.3 Å². The van der Waals surface area contributed by atoms with E-state index < -0.39 is 28.9 Å². The van der Waals surface area contributed by atoms with E-state index in [4.69, 9.17) is 17.0 Å². The van der Waals surface area contributed by atoms with Crippen LogP contribution in [0.5, 0.6) is 0 Å². The van der Waals surface area contributed by atoms with E-state index in [1.165, 1.54) is 25.7 Å². The van der Waals surface area contributed by atoms with Gasteiger partial charge < -0.3 is 14.9 Å². The summed E-state index contributed by atoms with van der Waals surface area (Å²) in [6.45, 7) is 13.4. The molecule has 0 N–H and O–H groups in total. The van der Waals surface area contributed by atoms with Gasteiger partial charge in [-0.1, -0.05) is 85.2 Å². The summed E-state index contributed by atoms with van der Waals surface area (Å²) in [4.78, 5) is 0. The van der Waals surface area contributed by atoms with Crippen molar-refractivity contribution in [3.05, 3.63) is 14.9 Å². The molecule has 4 aliphatic rings. The third-order valence-corrected chi connectivity index (χ3v) is 15.8. The molecule has 4 aliphatic carbocycles. The summed E-state index contributed by atoms with van der Waals surface area (Å²) in [5.74, 6) is 7.57. The minimum atomic E-state index is -1.21. The summed E-state index contributed by atoms with van der Waals surface area (Å²) in [5, 5.41) is 0. The van der Waals surface area contributed by atoms with Crippen molar-refractivity contribution in [3.63, 3.8) is 0 Å². The van der Waals surface area contributed by atoms with Crippen LogP contribution in [0.1, 0.15) is 97.8 Å². The Morgan fingerprint density at radius 2 is 1.25 bits per heavy atom. The van der Waals surface area contributed by atoms with Gasteiger partial charge in [0.05, 0.1) is 8.07 Å². The van der Waals surface area contributed by atoms with Crippen molar-refractivity contribution in [3.8, 4) is 0 Å². The van der Waals surface area contributed by atoms with E-state index >= 15 is 0 Å². The van der Waals surface area contributed by atoms with E-state index in [2.05, 4.69) is 33.9 Å². The summed E-state index contributed by atoms with van der Waals surface area (Å²) in [7, 11) is 8.66. The Morgan fingerprint density at radius 3 is 1.78 bits per heavy atom. The van der Waals surface area contributed by atoms with Crippen molar-refractivity contribution >= 4 is 25.1 Å². The fourth-order valence-electron chi connectivity index (χ4n) is 9.32. The third kappa shape index (κ3) is 6.71. The van der Waals surface area contributed by atoms with Gasteiger partial charge in [-0.3, -0.25) is 0 Å². The zero-order chi connectivity index (χ0) is 21.9. The summed E-state index contributed by atoms with van der Waals surface area (Å²) in [6, 6.07) is 0. The van der Waals surface area contributed by atoms with Gasteiger partial charge in [0.1, 0.15) is 0 Å². The molecule has 9 atom stereocenters. The maximum absolute atomic E-state index is 4.93. The molecule has 0 spiro atoms. The molecule has 4 heteroatoms. The van der Waals surface area contributed by atoms with Gasteiger partial charge in [0.15, 0.2) is 0 Å². The Morgan fingerprint density at radius 1 is 0.812 bits per heavy atom. The van der Waals surface area contributed by atoms with E-state index in [0.717, 1.165) is 52.5 Å². The summed E-state index contributed by atoms with van der Waals surface area (Å²) < 4.78 is 0. The molecule has 32 heavy (non-hydrogen) atoms. The Hall–Kier alpha value is 1.68. The predicted octanol–water partition coefficient (Wildman–Crippen LogP) is 10.8. The Bertz CT molecular complexity index is 528. The first kappa shape index (κ1) is 31.7. The van der Waals surface area contributed by atoms with Crippen molar-refractivity contribution in [1.29, 1.82) is 0 Å². The van der Waals surface area contributed by atoms with Crippen LogP contribution in [0.3, 0.4) is 0 Å². The van der Waals surface area contributed by atoms with Crippen LogP contribution >= 0.6 is 17.0 Å². The maximum atomic E-state index is 4.93. The van der Waals surface area contributed by atoms with Gasteiger partial charge in [-0.05, 0) is 78.2 Å². The second kappa shape index (κ2) is 14.4. The predicted molar refractivity (Wildman–Crippen MR) is 146 cm³/mol. The second-order valence-corrected chi connectivity index (χ2v) is 21.1. The molecule has 0 saturated heterocycles. The molecule has 0 aromatic heterocycles. The topological polar surface area (TPSA) is 0 Å². The normalized spacial score (nSPS) is 39.2.